The molecule has 0 atom stereocenters. The van der Waals surface area contributed by atoms with Crippen molar-refractivity contribution >= 4 is 11.0 Å². The van der Waals surface area contributed by atoms with Crippen LogP contribution in [0.3, 0.4) is 0 Å². The van der Waals surface area contributed by atoms with Crippen molar-refractivity contribution in [2.24, 2.45) is 0 Å². The maximum Gasteiger partial charge on any atom is 0.134 e. The number of halogens is 1. The molecule has 90 valence electrons. The van der Waals surface area contributed by atoms with Gasteiger partial charge < -0.3 is 9.15 Å². The summed E-state index contributed by atoms with van der Waals surface area (Å²) in [6, 6.07) is 12.2. The maximum atomic E-state index is 13.5. The molecular weight excluding hydrogens is 231 g/mol. The third kappa shape index (κ3) is 1.74. The molecule has 1 heterocycles. The molecule has 0 aliphatic carbocycles. The Morgan fingerprint density at radius 1 is 1.11 bits per heavy atom. The Kier molecular flexibility index (Phi) is 2.52. The number of methoxy groups -OCH3 is 1. The maximum absolute atomic E-state index is 13.5. The zero-order valence-electron chi connectivity index (χ0n) is 9.81. The molecule has 0 amide bonds. The zero-order valence-corrected chi connectivity index (χ0v) is 9.81. The average Bonchev–Trinajstić information content (AvgIpc) is 2.85. The van der Waals surface area contributed by atoms with Crippen LogP contribution in [0.15, 0.2) is 53.1 Å². The van der Waals surface area contributed by atoms with E-state index in [1.807, 2.05) is 30.3 Å². The molecule has 2 aromatic carbocycles. The molecule has 0 saturated carbocycles. The Morgan fingerprint density at radius 2 is 2.00 bits per heavy atom. The summed E-state index contributed by atoms with van der Waals surface area (Å²) in [6.07, 6.45) is 1.63. The van der Waals surface area contributed by atoms with Crippen LogP contribution in [0.25, 0.3) is 22.1 Å². The van der Waals surface area contributed by atoms with Crippen molar-refractivity contribution in [2.75, 3.05) is 7.11 Å². The summed E-state index contributed by atoms with van der Waals surface area (Å²) < 4.78 is 24.0. The number of fused-ring (bicyclic) bond motifs is 1. The smallest absolute Gasteiger partial charge is 0.134 e. The van der Waals surface area contributed by atoms with Gasteiger partial charge in [0.1, 0.15) is 17.1 Å². The molecule has 1 aromatic heterocycles. The molecule has 0 aliphatic heterocycles. The number of benzene rings is 2. The molecule has 0 saturated heterocycles. The van der Waals surface area contributed by atoms with Gasteiger partial charge in [0, 0.05) is 11.5 Å². The minimum Gasteiger partial charge on any atom is -0.497 e. The summed E-state index contributed by atoms with van der Waals surface area (Å²) >= 11 is 0. The number of hydrogen-bond acceptors (Lipinski definition) is 2. The Labute approximate surface area is 104 Å². The lowest BCUT2D eigenvalue weighted by Gasteiger charge is -2.06. The number of rotatable bonds is 2. The highest BCUT2D eigenvalue weighted by molar-refractivity contribution is 5.94. The predicted octanol–water partition coefficient (Wildman–Crippen LogP) is 4.25. The van der Waals surface area contributed by atoms with E-state index < -0.39 is 0 Å². The fourth-order valence-corrected chi connectivity index (χ4v) is 2.08. The van der Waals surface area contributed by atoms with Gasteiger partial charge in [0.15, 0.2) is 0 Å². The van der Waals surface area contributed by atoms with Crippen LogP contribution in [0.4, 0.5) is 4.39 Å². The van der Waals surface area contributed by atoms with E-state index >= 15 is 0 Å². The zero-order chi connectivity index (χ0) is 12.5. The van der Waals surface area contributed by atoms with Gasteiger partial charge in [-0.3, -0.25) is 0 Å². The normalized spacial score (nSPS) is 10.8. The number of hydrogen-bond donors (Lipinski definition) is 0. The minimum atomic E-state index is -0.315. The second-order valence-corrected chi connectivity index (χ2v) is 4.02. The van der Waals surface area contributed by atoms with Crippen molar-refractivity contribution < 1.29 is 13.5 Å². The fourth-order valence-electron chi connectivity index (χ4n) is 2.08. The lowest BCUT2D eigenvalue weighted by Crippen LogP contribution is -1.87. The first-order valence-electron chi connectivity index (χ1n) is 5.59. The summed E-state index contributed by atoms with van der Waals surface area (Å²) in [5.74, 6) is 0.190. The molecule has 3 rings (SSSR count). The summed E-state index contributed by atoms with van der Waals surface area (Å²) in [7, 11) is 1.52. The average molecular weight is 242 g/mol. The van der Waals surface area contributed by atoms with Gasteiger partial charge in [0.05, 0.1) is 13.4 Å². The van der Waals surface area contributed by atoms with Gasteiger partial charge >= 0.3 is 0 Å². The van der Waals surface area contributed by atoms with E-state index in [0.29, 0.717) is 5.75 Å². The van der Waals surface area contributed by atoms with Crippen molar-refractivity contribution in [3.63, 3.8) is 0 Å². The van der Waals surface area contributed by atoms with Crippen molar-refractivity contribution in [1.82, 2.24) is 0 Å². The van der Waals surface area contributed by atoms with Crippen LogP contribution in [0.5, 0.6) is 5.75 Å². The molecule has 0 radical (unpaired) electrons. The highest BCUT2D eigenvalue weighted by Gasteiger charge is 2.08. The van der Waals surface area contributed by atoms with Crippen molar-refractivity contribution in [3.05, 3.63) is 54.5 Å². The lowest BCUT2D eigenvalue weighted by atomic mass is 10.0. The molecule has 0 aliphatic rings. The van der Waals surface area contributed by atoms with Crippen LogP contribution < -0.4 is 4.74 Å². The molecule has 3 aromatic rings. The van der Waals surface area contributed by atoms with Gasteiger partial charge in [-0.25, -0.2) is 4.39 Å². The minimum absolute atomic E-state index is 0.315. The van der Waals surface area contributed by atoms with E-state index in [1.165, 1.54) is 19.2 Å². The van der Waals surface area contributed by atoms with Crippen LogP contribution in [0.1, 0.15) is 0 Å². The molecule has 2 nitrogen and oxygen atoms in total. The van der Waals surface area contributed by atoms with Gasteiger partial charge in [0.25, 0.3) is 0 Å². The van der Waals surface area contributed by atoms with Gasteiger partial charge in [-0.15, -0.1) is 0 Å². The standard InChI is InChI=1S/C15H11FO2/c1-17-12-8-10(7-11(16)9-12)13-3-2-4-15-14(13)5-6-18-15/h2-9H,1H3. The Hall–Kier alpha value is -2.29. The molecule has 0 fully saturated rings. The second kappa shape index (κ2) is 4.18. The van der Waals surface area contributed by atoms with Crippen LogP contribution in [0.2, 0.25) is 0 Å². The third-order valence-electron chi connectivity index (χ3n) is 2.91. The van der Waals surface area contributed by atoms with E-state index in [0.717, 1.165) is 22.1 Å². The van der Waals surface area contributed by atoms with E-state index in [9.17, 15) is 4.39 Å². The van der Waals surface area contributed by atoms with Crippen molar-refractivity contribution in [3.8, 4) is 16.9 Å². The quantitative estimate of drug-likeness (QED) is 0.670. The van der Waals surface area contributed by atoms with E-state index in [2.05, 4.69) is 0 Å². The van der Waals surface area contributed by atoms with Crippen molar-refractivity contribution in [2.45, 2.75) is 0 Å². The first-order chi connectivity index (χ1) is 8.78. The molecule has 3 heteroatoms. The highest BCUT2D eigenvalue weighted by atomic mass is 19.1. The van der Waals surface area contributed by atoms with Gasteiger partial charge in [0.2, 0.25) is 0 Å². The Balaban J connectivity index is 2.25. The number of ether oxygens (including phenoxy) is 1. The van der Waals surface area contributed by atoms with Gasteiger partial charge in [-0.1, -0.05) is 12.1 Å². The van der Waals surface area contributed by atoms with Crippen molar-refractivity contribution in [1.29, 1.82) is 0 Å². The van der Waals surface area contributed by atoms with Crippen LogP contribution >= 0.6 is 0 Å². The summed E-state index contributed by atoms with van der Waals surface area (Å²) in [5, 5.41) is 0.963. The first-order valence-corrected chi connectivity index (χ1v) is 5.59. The second-order valence-electron chi connectivity index (χ2n) is 4.02. The molecular formula is C15H11FO2. The largest absolute Gasteiger partial charge is 0.497 e. The summed E-state index contributed by atoms with van der Waals surface area (Å²) in [4.78, 5) is 0. The van der Waals surface area contributed by atoms with E-state index in [1.54, 1.807) is 6.26 Å². The molecule has 0 unspecified atom stereocenters. The van der Waals surface area contributed by atoms with Crippen LogP contribution in [-0.4, -0.2) is 7.11 Å². The van der Waals surface area contributed by atoms with Gasteiger partial charge in [-0.2, -0.15) is 0 Å². The predicted molar refractivity (Wildman–Crippen MR) is 68.2 cm³/mol. The monoisotopic (exact) mass is 242 g/mol. The first kappa shape index (κ1) is 10.8. The lowest BCUT2D eigenvalue weighted by molar-refractivity contribution is 0.411. The van der Waals surface area contributed by atoms with E-state index in [4.69, 9.17) is 9.15 Å². The van der Waals surface area contributed by atoms with Gasteiger partial charge in [-0.05, 0) is 35.4 Å². The van der Waals surface area contributed by atoms with E-state index in [-0.39, 0.29) is 5.82 Å². The summed E-state index contributed by atoms with van der Waals surface area (Å²) in [5.41, 5.74) is 2.49. The van der Waals surface area contributed by atoms with Crippen LogP contribution in [0, 0.1) is 5.82 Å². The molecule has 0 bridgehead atoms. The fraction of sp³-hybridized carbons (Fsp3) is 0.0667. The molecule has 18 heavy (non-hydrogen) atoms. The third-order valence-corrected chi connectivity index (χ3v) is 2.91. The van der Waals surface area contributed by atoms with Crippen LogP contribution in [-0.2, 0) is 0 Å². The Bertz CT molecular complexity index is 701. The molecule has 0 spiro atoms. The SMILES string of the molecule is COc1cc(F)cc(-c2cccc3occc23)c1. The topological polar surface area (TPSA) is 22.4 Å². The highest BCUT2D eigenvalue weighted by Crippen LogP contribution is 2.31. The Morgan fingerprint density at radius 3 is 2.83 bits per heavy atom. The number of furan rings is 1. The molecule has 0 N–H and O–H groups in total. The summed E-state index contributed by atoms with van der Waals surface area (Å²) in [6.45, 7) is 0.